The number of aromatic nitrogens is 3. The highest BCUT2D eigenvalue weighted by atomic mass is 15.3. The first-order valence-electron chi connectivity index (χ1n) is 8.70. The van der Waals surface area contributed by atoms with Gasteiger partial charge in [0, 0.05) is 33.7 Å². The van der Waals surface area contributed by atoms with Crippen LogP contribution in [0.2, 0.25) is 0 Å². The van der Waals surface area contributed by atoms with Crippen molar-refractivity contribution in [3.05, 3.63) is 11.6 Å². The second kappa shape index (κ2) is 7.29. The molecule has 0 spiro atoms. The van der Waals surface area contributed by atoms with Gasteiger partial charge in [0.15, 0.2) is 11.8 Å². The zero-order valence-corrected chi connectivity index (χ0v) is 14.6. The van der Waals surface area contributed by atoms with Gasteiger partial charge in [-0.15, -0.1) is 10.2 Å². The monoisotopic (exact) mass is 319 g/mol. The van der Waals surface area contributed by atoms with Crippen molar-refractivity contribution in [2.45, 2.75) is 32.7 Å². The van der Waals surface area contributed by atoms with E-state index in [1.165, 1.54) is 38.9 Å². The number of rotatable bonds is 4. The number of hydrogen-bond acceptors (Lipinski definition) is 4. The average molecular weight is 319 g/mol. The van der Waals surface area contributed by atoms with Crippen LogP contribution < -0.4 is 5.32 Å². The number of nitrogens with zero attached hydrogens (tertiary/aromatic N) is 6. The fraction of sp³-hybridized carbons (Fsp3) is 0.812. The van der Waals surface area contributed by atoms with Gasteiger partial charge in [-0.2, -0.15) is 0 Å². The minimum atomic E-state index is 0.664. The standard InChI is InChI=1S/C16H29N7/c1-13-19-20-15(21(13)3)10-18-16(17-2)23-9-6-14(12-23)11-22-7-4-5-8-22/h14H,4-12H2,1-3H3,(H,17,18). The van der Waals surface area contributed by atoms with E-state index in [9.17, 15) is 0 Å². The van der Waals surface area contributed by atoms with Crippen molar-refractivity contribution in [2.24, 2.45) is 18.0 Å². The maximum Gasteiger partial charge on any atom is 0.194 e. The lowest BCUT2D eigenvalue weighted by Crippen LogP contribution is -2.40. The Morgan fingerprint density at radius 1 is 1.26 bits per heavy atom. The van der Waals surface area contributed by atoms with Crippen LogP contribution in [0.15, 0.2) is 4.99 Å². The second-order valence-corrected chi connectivity index (χ2v) is 6.73. The Kier molecular flexibility index (Phi) is 5.15. The summed E-state index contributed by atoms with van der Waals surface area (Å²) in [6.45, 7) is 8.65. The molecule has 0 aromatic carbocycles. The SMILES string of the molecule is CN=C(NCc1nnc(C)n1C)N1CCC(CN2CCCC2)C1. The number of aliphatic imine (C=N–C) groups is 1. The van der Waals surface area contributed by atoms with E-state index >= 15 is 0 Å². The summed E-state index contributed by atoms with van der Waals surface area (Å²) in [6, 6.07) is 0. The van der Waals surface area contributed by atoms with Crippen LogP contribution in [0, 0.1) is 12.8 Å². The molecule has 1 unspecified atom stereocenters. The fourth-order valence-corrected chi connectivity index (χ4v) is 3.60. The van der Waals surface area contributed by atoms with E-state index in [1.54, 1.807) is 0 Å². The summed E-state index contributed by atoms with van der Waals surface area (Å²) in [6.07, 6.45) is 4.01. The molecule has 0 amide bonds. The normalized spacial score (nSPS) is 23.0. The Hall–Kier alpha value is -1.63. The van der Waals surface area contributed by atoms with Gasteiger partial charge in [0.05, 0.1) is 6.54 Å². The molecule has 3 heterocycles. The van der Waals surface area contributed by atoms with Crippen molar-refractivity contribution in [1.29, 1.82) is 0 Å². The molecule has 128 valence electrons. The average Bonchev–Trinajstić information content (AvgIpc) is 3.27. The van der Waals surface area contributed by atoms with Gasteiger partial charge >= 0.3 is 0 Å². The van der Waals surface area contributed by atoms with E-state index in [2.05, 4.69) is 30.3 Å². The molecule has 2 aliphatic heterocycles. The third-order valence-corrected chi connectivity index (χ3v) is 5.10. The number of nitrogens with one attached hydrogen (secondary N) is 1. The predicted molar refractivity (Wildman–Crippen MR) is 91.3 cm³/mol. The summed E-state index contributed by atoms with van der Waals surface area (Å²) in [7, 11) is 3.86. The molecule has 2 aliphatic rings. The number of hydrogen-bond donors (Lipinski definition) is 1. The molecule has 7 heteroatoms. The molecule has 1 aromatic rings. The van der Waals surface area contributed by atoms with Gasteiger partial charge in [-0.05, 0) is 45.2 Å². The zero-order valence-electron chi connectivity index (χ0n) is 14.6. The largest absolute Gasteiger partial charge is 0.349 e. The summed E-state index contributed by atoms with van der Waals surface area (Å²) in [5.41, 5.74) is 0. The molecular weight excluding hydrogens is 290 g/mol. The quantitative estimate of drug-likeness (QED) is 0.651. The summed E-state index contributed by atoms with van der Waals surface area (Å²) in [4.78, 5) is 9.44. The van der Waals surface area contributed by atoms with Crippen LogP contribution in [-0.2, 0) is 13.6 Å². The predicted octanol–water partition coefficient (Wildman–Crippen LogP) is 0.617. The van der Waals surface area contributed by atoms with Crippen LogP contribution in [0.1, 0.15) is 30.9 Å². The van der Waals surface area contributed by atoms with Crippen LogP contribution in [0.25, 0.3) is 0 Å². The Labute approximate surface area is 138 Å². The maximum atomic E-state index is 4.45. The van der Waals surface area contributed by atoms with Crippen molar-refractivity contribution in [2.75, 3.05) is 39.8 Å². The van der Waals surface area contributed by atoms with E-state index in [0.717, 1.165) is 36.6 Å². The van der Waals surface area contributed by atoms with Gasteiger partial charge in [-0.1, -0.05) is 0 Å². The first-order valence-corrected chi connectivity index (χ1v) is 8.70. The number of likely N-dealkylation sites (tertiary alicyclic amines) is 2. The molecule has 0 bridgehead atoms. The molecule has 1 atom stereocenters. The highest BCUT2D eigenvalue weighted by molar-refractivity contribution is 5.80. The molecule has 0 aliphatic carbocycles. The van der Waals surface area contributed by atoms with Crippen molar-refractivity contribution < 1.29 is 0 Å². The Morgan fingerprint density at radius 2 is 2.04 bits per heavy atom. The lowest BCUT2D eigenvalue weighted by molar-refractivity contribution is 0.281. The molecular formula is C16H29N7. The van der Waals surface area contributed by atoms with E-state index in [4.69, 9.17) is 0 Å². The number of guanidine groups is 1. The summed E-state index contributed by atoms with van der Waals surface area (Å²) < 4.78 is 2.01. The van der Waals surface area contributed by atoms with Gasteiger partial charge in [0.1, 0.15) is 5.82 Å². The third-order valence-electron chi connectivity index (χ3n) is 5.10. The maximum absolute atomic E-state index is 4.45. The van der Waals surface area contributed by atoms with E-state index in [1.807, 2.05) is 25.6 Å². The van der Waals surface area contributed by atoms with Crippen molar-refractivity contribution in [3.63, 3.8) is 0 Å². The minimum absolute atomic E-state index is 0.664. The Morgan fingerprint density at radius 3 is 2.70 bits per heavy atom. The fourth-order valence-electron chi connectivity index (χ4n) is 3.60. The van der Waals surface area contributed by atoms with Gasteiger partial charge in [-0.3, -0.25) is 4.99 Å². The van der Waals surface area contributed by atoms with Gasteiger partial charge in [0.25, 0.3) is 0 Å². The first-order chi connectivity index (χ1) is 11.2. The van der Waals surface area contributed by atoms with Crippen LogP contribution in [0.5, 0.6) is 0 Å². The molecule has 0 radical (unpaired) electrons. The Balaban J connectivity index is 1.50. The first kappa shape index (κ1) is 16.2. The van der Waals surface area contributed by atoms with Crippen LogP contribution >= 0.6 is 0 Å². The summed E-state index contributed by atoms with van der Waals surface area (Å²) in [5, 5.41) is 11.7. The van der Waals surface area contributed by atoms with Crippen LogP contribution in [0.4, 0.5) is 0 Å². The molecule has 2 fully saturated rings. The Bertz CT molecular complexity index is 545. The molecule has 3 rings (SSSR count). The molecule has 1 aromatic heterocycles. The molecule has 23 heavy (non-hydrogen) atoms. The van der Waals surface area contributed by atoms with Crippen molar-refractivity contribution >= 4 is 5.96 Å². The molecule has 1 N–H and O–H groups in total. The zero-order chi connectivity index (χ0) is 16.2. The van der Waals surface area contributed by atoms with Crippen LogP contribution in [0.3, 0.4) is 0 Å². The lowest BCUT2D eigenvalue weighted by Gasteiger charge is -2.23. The van der Waals surface area contributed by atoms with Crippen LogP contribution in [-0.4, -0.2) is 70.3 Å². The highest BCUT2D eigenvalue weighted by Crippen LogP contribution is 2.20. The summed E-state index contributed by atoms with van der Waals surface area (Å²) in [5.74, 6) is 3.62. The van der Waals surface area contributed by atoms with Gasteiger partial charge in [-0.25, -0.2) is 0 Å². The summed E-state index contributed by atoms with van der Waals surface area (Å²) >= 11 is 0. The number of aryl methyl sites for hydroxylation is 1. The van der Waals surface area contributed by atoms with Crippen molar-refractivity contribution in [1.82, 2.24) is 29.9 Å². The highest BCUT2D eigenvalue weighted by Gasteiger charge is 2.27. The van der Waals surface area contributed by atoms with Gasteiger partial charge < -0.3 is 19.7 Å². The smallest absolute Gasteiger partial charge is 0.194 e. The molecule has 0 saturated carbocycles. The topological polar surface area (TPSA) is 61.6 Å². The van der Waals surface area contributed by atoms with E-state index < -0.39 is 0 Å². The lowest BCUT2D eigenvalue weighted by atomic mass is 10.1. The third kappa shape index (κ3) is 3.83. The van der Waals surface area contributed by atoms with E-state index in [-0.39, 0.29) is 0 Å². The van der Waals surface area contributed by atoms with Crippen molar-refractivity contribution in [3.8, 4) is 0 Å². The molecule has 7 nitrogen and oxygen atoms in total. The minimum Gasteiger partial charge on any atom is -0.349 e. The second-order valence-electron chi connectivity index (χ2n) is 6.73. The molecule has 2 saturated heterocycles. The van der Waals surface area contributed by atoms with E-state index in [0.29, 0.717) is 6.54 Å². The van der Waals surface area contributed by atoms with Gasteiger partial charge in [0.2, 0.25) is 0 Å².